The van der Waals surface area contributed by atoms with E-state index in [0.717, 1.165) is 29.7 Å². The SMILES string of the molecule is COc1cccc([C@H]2OC(c3ccc(OCCCO)cc3)=N[C@@]2(Cc2ccccc2)C(=O)NCCCN(C)C)c1. The van der Waals surface area contributed by atoms with Crippen LogP contribution in [0.3, 0.4) is 0 Å². The summed E-state index contributed by atoms with van der Waals surface area (Å²) in [7, 11) is 5.65. The van der Waals surface area contributed by atoms with Crippen LogP contribution in [0.25, 0.3) is 0 Å². The first kappa shape index (κ1) is 29.1. The zero-order chi connectivity index (χ0) is 28.4. The van der Waals surface area contributed by atoms with Crippen molar-refractivity contribution in [3.8, 4) is 11.5 Å². The second kappa shape index (κ2) is 14.0. The van der Waals surface area contributed by atoms with Crippen LogP contribution in [0.15, 0.2) is 83.9 Å². The summed E-state index contributed by atoms with van der Waals surface area (Å²) in [6.07, 6.45) is 1.07. The highest BCUT2D eigenvalue weighted by Gasteiger charge is 2.53. The van der Waals surface area contributed by atoms with Gasteiger partial charge < -0.3 is 29.5 Å². The van der Waals surface area contributed by atoms with Crippen LogP contribution < -0.4 is 14.8 Å². The molecule has 40 heavy (non-hydrogen) atoms. The topological polar surface area (TPSA) is 92.6 Å². The molecule has 0 fully saturated rings. The highest BCUT2D eigenvalue weighted by Crippen LogP contribution is 2.43. The summed E-state index contributed by atoms with van der Waals surface area (Å²) in [6, 6.07) is 25.0. The van der Waals surface area contributed by atoms with Crippen LogP contribution in [0.2, 0.25) is 0 Å². The molecule has 1 aliphatic heterocycles. The normalized spacial score (nSPS) is 18.2. The van der Waals surface area contributed by atoms with Gasteiger partial charge in [0.1, 0.15) is 11.5 Å². The van der Waals surface area contributed by atoms with Gasteiger partial charge in [-0.05, 0) is 74.6 Å². The van der Waals surface area contributed by atoms with E-state index in [2.05, 4.69) is 10.2 Å². The molecule has 3 aromatic rings. The zero-order valence-corrected chi connectivity index (χ0v) is 23.5. The number of ether oxygens (including phenoxy) is 3. The molecule has 0 bridgehead atoms. The Hall–Kier alpha value is -3.88. The van der Waals surface area contributed by atoms with Crippen molar-refractivity contribution in [2.75, 3.05) is 47.5 Å². The molecule has 0 aromatic heterocycles. The van der Waals surface area contributed by atoms with Crippen molar-refractivity contribution < 1.29 is 24.1 Å². The molecule has 0 aliphatic carbocycles. The van der Waals surface area contributed by atoms with Crippen LogP contribution in [0, 0.1) is 0 Å². The van der Waals surface area contributed by atoms with Crippen molar-refractivity contribution in [1.82, 2.24) is 10.2 Å². The second-order valence-corrected chi connectivity index (χ2v) is 10.1. The molecule has 1 aliphatic rings. The maximum atomic E-state index is 14.1. The summed E-state index contributed by atoms with van der Waals surface area (Å²) >= 11 is 0. The lowest BCUT2D eigenvalue weighted by Gasteiger charge is -2.31. The standard InChI is InChI=1S/C32H39N3O5/c1-35(2)19-8-18-33-31(37)32(23-24-10-5-4-6-11-24)29(26-12-7-13-28(22-26)38-3)40-30(34-32)25-14-16-27(17-15-25)39-21-9-20-36/h4-7,10-17,22,29,36H,8-9,18-21,23H2,1-3H3,(H,33,37)/t29-,32-/m1/s1. The van der Waals surface area contributed by atoms with Crippen LogP contribution in [0.5, 0.6) is 11.5 Å². The van der Waals surface area contributed by atoms with Crippen molar-refractivity contribution in [3.05, 3.63) is 95.6 Å². The molecule has 4 rings (SSSR count). The summed E-state index contributed by atoms with van der Waals surface area (Å²) in [4.78, 5) is 21.3. The van der Waals surface area contributed by atoms with E-state index in [4.69, 9.17) is 24.3 Å². The molecule has 0 unspecified atom stereocenters. The lowest BCUT2D eigenvalue weighted by atomic mass is 9.82. The number of hydrogen-bond acceptors (Lipinski definition) is 7. The molecule has 8 nitrogen and oxygen atoms in total. The Bertz CT molecular complexity index is 1260. The van der Waals surface area contributed by atoms with E-state index in [1.807, 2.05) is 93.0 Å². The third-order valence-electron chi connectivity index (χ3n) is 6.81. The Kier molecular flexibility index (Phi) is 10.2. The van der Waals surface area contributed by atoms with E-state index in [-0.39, 0.29) is 12.5 Å². The smallest absolute Gasteiger partial charge is 0.252 e. The summed E-state index contributed by atoms with van der Waals surface area (Å²) in [5, 5.41) is 12.2. The Labute approximate surface area is 236 Å². The van der Waals surface area contributed by atoms with Crippen molar-refractivity contribution >= 4 is 11.8 Å². The highest BCUT2D eigenvalue weighted by atomic mass is 16.5. The number of benzene rings is 3. The predicted molar refractivity (Wildman–Crippen MR) is 156 cm³/mol. The van der Waals surface area contributed by atoms with E-state index >= 15 is 0 Å². The molecular weight excluding hydrogens is 506 g/mol. The van der Waals surface area contributed by atoms with Crippen LogP contribution in [0.1, 0.15) is 35.6 Å². The molecule has 0 spiro atoms. The van der Waals surface area contributed by atoms with Gasteiger partial charge in [-0.2, -0.15) is 0 Å². The molecule has 212 valence electrons. The fraction of sp³-hybridized carbons (Fsp3) is 0.375. The first-order valence-electron chi connectivity index (χ1n) is 13.7. The van der Waals surface area contributed by atoms with E-state index in [1.54, 1.807) is 7.11 Å². The largest absolute Gasteiger partial charge is 0.497 e. The number of hydrogen-bond donors (Lipinski definition) is 2. The van der Waals surface area contributed by atoms with E-state index in [9.17, 15) is 4.79 Å². The number of carbonyl (C=O) groups is 1. The number of methoxy groups -OCH3 is 1. The first-order chi connectivity index (χ1) is 19.4. The molecule has 2 N–H and O–H groups in total. The maximum Gasteiger partial charge on any atom is 0.252 e. The summed E-state index contributed by atoms with van der Waals surface area (Å²) in [5.74, 6) is 1.59. The quantitative estimate of drug-likeness (QED) is 0.297. The molecule has 8 heteroatoms. The number of aliphatic hydroxyl groups excluding tert-OH is 1. The Morgan fingerprint density at radius 2 is 1.80 bits per heavy atom. The van der Waals surface area contributed by atoms with Gasteiger partial charge >= 0.3 is 0 Å². The van der Waals surface area contributed by atoms with E-state index in [1.165, 1.54) is 0 Å². The summed E-state index contributed by atoms with van der Waals surface area (Å²) < 4.78 is 17.8. The third kappa shape index (κ3) is 7.20. The third-order valence-corrected chi connectivity index (χ3v) is 6.81. The summed E-state index contributed by atoms with van der Waals surface area (Å²) in [5.41, 5.74) is 1.30. The second-order valence-electron chi connectivity index (χ2n) is 10.1. The maximum absolute atomic E-state index is 14.1. The molecule has 2 atom stereocenters. The average molecular weight is 546 g/mol. The van der Waals surface area contributed by atoms with Gasteiger partial charge in [-0.1, -0.05) is 42.5 Å². The first-order valence-corrected chi connectivity index (χ1v) is 13.7. The fourth-order valence-electron chi connectivity index (χ4n) is 4.74. The number of rotatable bonds is 14. The number of aliphatic imine (C=N–C) groups is 1. The van der Waals surface area contributed by atoms with E-state index < -0.39 is 11.6 Å². The van der Waals surface area contributed by atoms with Gasteiger partial charge in [0.05, 0.1) is 13.7 Å². The van der Waals surface area contributed by atoms with Crippen LogP contribution in [0.4, 0.5) is 0 Å². The van der Waals surface area contributed by atoms with Gasteiger partial charge in [0, 0.05) is 31.6 Å². The lowest BCUT2D eigenvalue weighted by Crippen LogP contribution is -2.50. The molecule has 3 aromatic carbocycles. The van der Waals surface area contributed by atoms with Gasteiger partial charge in [-0.15, -0.1) is 0 Å². The van der Waals surface area contributed by atoms with Crippen molar-refractivity contribution in [1.29, 1.82) is 0 Å². The lowest BCUT2D eigenvalue weighted by molar-refractivity contribution is -0.128. The number of aliphatic hydroxyl groups is 1. The van der Waals surface area contributed by atoms with Crippen LogP contribution >= 0.6 is 0 Å². The monoisotopic (exact) mass is 545 g/mol. The zero-order valence-electron chi connectivity index (χ0n) is 23.5. The Morgan fingerprint density at radius 1 is 1.02 bits per heavy atom. The van der Waals surface area contributed by atoms with Crippen molar-refractivity contribution in [2.24, 2.45) is 4.99 Å². The Morgan fingerprint density at radius 3 is 2.50 bits per heavy atom. The number of amides is 1. The minimum atomic E-state index is -1.24. The summed E-state index contributed by atoms with van der Waals surface area (Å²) in [6.45, 7) is 1.90. The molecule has 1 heterocycles. The molecule has 0 radical (unpaired) electrons. The Balaban J connectivity index is 1.73. The average Bonchev–Trinajstić information content (AvgIpc) is 3.36. The van der Waals surface area contributed by atoms with Gasteiger partial charge in [0.15, 0.2) is 11.6 Å². The minimum absolute atomic E-state index is 0.0785. The number of nitrogens with one attached hydrogen (secondary N) is 1. The van der Waals surface area contributed by atoms with Gasteiger partial charge in [-0.3, -0.25) is 4.79 Å². The van der Waals surface area contributed by atoms with Crippen LogP contribution in [-0.4, -0.2) is 74.9 Å². The molecule has 0 saturated heterocycles. The van der Waals surface area contributed by atoms with Gasteiger partial charge in [0.25, 0.3) is 5.91 Å². The van der Waals surface area contributed by atoms with E-state index in [0.29, 0.717) is 43.4 Å². The highest BCUT2D eigenvalue weighted by molar-refractivity contribution is 6.01. The van der Waals surface area contributed by atoms with Gasteiger partial charge in [-0.25, -0.2) is 4.99 Å². The minimum Gasteiger partial charge on any atom is -0.497 e. The fourth-order valence-corrected chi connectivity index (χ4v) is 4.74. The molecule has 0 saturated carbocycles. The number of carbonyl (C=O) groups excluding carboxylic acids is 1. The van der Waals surface area contributed by atoms with Crippen molar-refractivity contribution in [3.63, 3.8) is 0 Å². The van der Waals surface area contributed by atoms with Crippen LogP contribution in [-0.2, 0) is 16.0 Å². The predicted octanol–water partition coefficient (Wildman–Crippen LogP) is 4.02. The number of nitrogens with zero attached hydrogens (tertiary/aromatic N) is 2. The molecular formula is C32H39N3O5. The van der Waals surface area contributed by atoms with Gasteiger partial charge in [0.2, 0.25) is 5.90 Å². The molecule has 1 amide bonds. The van der Waals surface area contributed by atoms with Crippen molar-refractivity contribution in [2.45, 2.75) is 30.9 Å².